The number of hydrogen-bond acceptors (Lipinski definition) is 3. The van der Waals surface area contributed by atoms with Crippen LogP contribution in [0.2, 0.25) is 0 Å². The van der Waals surface area contributed by atoms with Gasteiger partial charge >= 0.3 is 0 Å². The summed E-state index contributed by atoms with van der Waals surface area (Å²) in [4.78, 5) is 13.7. The summed E-state index contributed by atoms with van der Waals surface area (Å²) in [6.07, 6.45) is 2.05. The number of nitrogens with two attached hydrogens (primary N) is 1. The van der Waals surface area contributed by atoms with Crippen LogP contribution in [0.4, 0.5) is 10.1 Å². The van der Waals surface area contributed by atoms with Crippen LogP contribution in [0.3, 0.4) is 0 Å². The minimum absolute atomic E-state index is 0.0271. The third-order valence-electron chi connectivity index (χ3n) is 3.35. The van der Waals surface area contributed by atoms with E-state index in [1.807, 2.05) is 0 Å². The number of rotatable bonds is 3. The van der Waals surface area contributed by atoms with Gasteiger partial charge in [-0.2, -0.15) is 0 Å². The van der Waals surface area contributed by atoms with Gasteiger partial charge in [0.25, 0.3) is 5.91 Å². The summed E-state index contributed by atoms with van der Waals surface area (Å²) >= 11 is 0. The van der Waals surface area contributed by atoms with Crippen molar-refractivity contribution in [2.24, 2.45) is 5.92 Å². The number of amides is 1. The van der Waals surface area contributed by atoms with Crippen LogP contribution in [0.25, 0.3) is 0 Å². The Morgan fingerprint density at radius 3 is 3.05 bits per heavy atom. The molecule has 1 aromatic rings. The highest BCUT2D eigenvalue weighted by Crippen LogP contribution is 2.18. The van der Waals surface area contributed by atoms with E-state index in [-0.39, 0.29) is 11.5 Å². The van der Waals surface area contributed by atoms with Crippen molar-refractivity contribution in [1.82, 2.24) is 4.90 Å². The Hall–Kier alpha value is -1.62. The molecule has 1 heterocycles. The van der Waals surface area contributed by atoms with E-state index < -0.39 is 5.82 Å². The molecule has 1 atom stereocenters. The minimum atomic E-state index is -0.536. The zero-order valence-electron chi connectivity index (χ0n) is 11.1. The van der Waals surface area contributed by atoms with Gasteiger partial charge in [-0.15, -0.1) is 0 Å². The average Bonchev–Trinajstić information content (AvgIpc) is 2.42. The summed E-state index contributed by atoms with van der Waals surface area (Å²) in [6.45, 7) is 2.03. The van der Waals surface area contributed by atoms with Crippen molar-refractivity contribution in [1.29, 1.82) is 0 Å². The highest BCUT2D eigenvalue weighted by Gasteiger charge is 2.21. The topological polar surface area (TPSA) is 55.6 Å². The van der Waals surface area contributed by atoms with E-state index in [1.165, 1.54) is 23.1 Å². The molecule has 1 aromatic carbocycles. The van der Waals surface area contributed by atoms with E-state index in [1.54, 1.807) is 7.05 Å². The first-order valence-electron chi connectivity index (χ1n) is 6.46. The van der Waals surface area contributed by atoms with Gasteiger partial charge in [-0.1, -0.05) is 0 Å². The van der Waals surface area contributed by atoms with Crippen LogP contribution in [0.5, 0.6) is 0 Å². The first-order valence-corrected chi connectivity index (χ1v) is 6.46. The number of halogens is 1. The Morgan fingerprint density at radius 2 is 2.37 bits per heavy atom. The standard InChI is InChI=1S/C14H19FN2O2/c1-17(8-10-3-2-6-19-9-10)14(18)12-7-11(16)4-5-13(12)15/h4-5,7,10H,2-3,6,8-9,16H2,1H3. The van der Waals surface area contributed by atoms with Crippen molar-refractivity contribution in [2.45, 2.75) is 12.8 Å². The molecular weight excluding hydrogens is 247 g/mol. The van der Waals surface area contributed by atoms with Crippen LogP contribution in [0, 0.1) is 11.7 Å². The van der Waals surface area contributed by atoms with Crippen molar-refractivity contribution < 1.29 is 13.9 Å². The van der Waals surface area contributed by atoms with Crippen molar-refractivity contribution in [3.05, 3.63) is 29.6 Å². The fourth-order valence-electron chi connectivity index (χ4n) is 2.33. The molecule has 0 saturated carbocycles. The fourth-order valence-corrected chi connectivity index (χ4v) is 2.33. The Kier molecular flexibility index (Phi) is 4.37. The molecule has 0 aromatic heterocycles. The lowest BCUT2D eigenvalue weighted by molar-refractivity contribution is 0.0387. The first kappa shape index (κ1) is 13.8. The number of anilines is 1. The fraction of sp³-hybridized carbons (Fsp3) is 0.500. The maximum absolute atomic E-state index is 13.6. The van der Waals surface area contributed by atoms with E-state index in [2.05, 4.69) is 0 Å². The molecule has 1 fully saturated rings. The molecular formula is C14H19FN2O2. The average molecular weight is 266 g/mol. The van der Waals surface area contributed by atoms with Gasteiger partial charge in [0.05, 0.1) is 12.2 Å². The predicted octanol–water partition coefficient (Wildman–Crippen LogP) is 1.91. The lowest BCUT2D eigenvalue weighted by Crippen LogP contribution is -2.35. The van der Waals surface area contributed by atoms with E-state index >= 15 is 0 Å². The van der Waals surface area contributed by atoms with Crippen LogP contribution < -0.4 is 5.73 Å². The van der Waals surface area contributed by atoms with Crippen LogP contribution in [-0.2, 0) is 4.74 Å². The lowest BCUT2D eigenvalue weighted by Gasteiger charge is -2.27. The second kappa shape index (κ2) is 6.02. The van der Waals surface area contributed by atoms with Gasteiger partial charge < -0.3 is 15.4 Å². The minimum Gasteiger partial charge on any atom is -0.399 e. The van der Waals surface area contributed by atoms with Gasteiger partial charge in [-0.3, -0.25) is 4.79 Å². The molecule has 0 aliphatic carbocycles. The van der Waals surface area contributed by atoms with Crippen molar-refractivity contribution in [2.75, 3.05) is 32.5 Å². The Balaban J connectivity index is 2.03. The number of benzene rings is 1. The van der Waals surface area contributed by atoms with E-state index in [0.29, 0.717) is 24.8 Å². The molecule has 1 aliphatic rings. The van der Waals surface area contributed by atoms with Crippen molar-refractivity contribution in [3.63, 3.8) is 0 Å². The van der Waals surface area contributed by atoms with Gasteiger partial charge in [0.2, 0.25) is 0 Å². The summed E-state index contributed by atoms with van der Waals surface area (Å²) in [5.41, 5.74) is 6.01. The van der Waals surface area contributed by atoms with Crippen LogP contribution in [-0.4, -0.2) is 37.6 Å². The summed E-state index contributed by atoms with van der Waals surface area (Å²) in [5.74, 6) is -0.548. The van der Waals surface area contributed by atoms with Gasteiger partial charge in [0.15, 0.2) is 0 Å². The third kappa shape index (κ3) is 3.44. The second-order valence-electron chi connectivity index (χ2n) is 5.01. The second-order valence-corrected chi connectivity index (χ2v) is 5.01. The monoisotopic (exact) mass is 266 g/mol. The molecule has 19 heavy (non-hydrogen) atoms. The molecule has 0 spiro atoms. The van der Waals surface area contributed by atoms with Gasteiger partial charge in [-0.05, 0) is 37.0 Å². The highest BCUT2D eigenvalue weighted by atomic mass is 19.1. The highest BCUT2D eigenvalue weighted by molar-refractivity contribution is 5.95. The molecule has 2 N–H and O–H groups in total. The predicted molar refractivity (Wildman–Crippen MR) is 71.3 cm³/mol. The Morgan fingerprint density at radius 1 is 1.58 bits per heavy atom. The van der Waals surface area contributed by atoms with Crippen molar-refractivity contribution in [3.8, 4) is 0 Å². The molecule has 1 aliphatic heterocycles. The van der Waals surface area contributed by atoms with E-state index in [4.69, 9.17) is 10.5 Å². The number of carbonyl (C=O) groups excluding carboxylic acids is 1. The summed E-state index contributed by atoms with van der Waals surface area (Å²) in [5, 5.41) is 0. The van der Waals surface area contributed by atoms with E-state index in [0.717, 1.165) is 19.4 Å². The third-order valence-corrected chi connectivity index (χ3v) is 3.35. The van der Waals surface area contributed by atoms with Crippen LogP contribution in [0.1, 0.15) is 23.2 Å². The largest absolute Gasteiger partial charge is 0.399 e. The molecule has 4 nitrogen and oxygen atoms in total. The zero-order chi connectivity index (χ0) is 13.8. The summed E-state index contributed by atoms with van der Waals surface area (Å²) < 4.78 is 19.0. The number of ether oxygens (including phenoxy) is 1. The smallest absolute Gasteiger partial charge is 0.256 e. The quantitative estimate of drug-likeness (QED) is 0.850. The molecule has 5 heteroatoms. The van der Waals surface area contributed by atoms with E-state index in [9.17, 15) is 9.18 Å². The SMILES string of the molecule is CN(CC1CCCOC1)C(=O)c1cc(N)ccc1F. The number of nitrogen functional groups attached to an aromatic ring is 1. The molecule has 2 rings (SSSR count). The first-order chi connectivity index (χ1) is 9.08. The molecule has 1 saturated heterocycles. The molecule has 104 valence electrons. The lowest BCUT2D eigenvalue weighted by atomic mass is 10.0. The summed E-state index contributed by atoms with van der Waals surface area (Å²) in [6, 6.07) is 4.05. The number of nitrogens with zero attached hydrogens (tertiary/aromatic N) is 1. The number of hydrogen-bond donors (Lipinski definition) is 1. The molecule has 0 bridgehead atoms. The maximum Gasteiger partial charge on any atom is 0.256 e. The van der Waals surface area contributed by atoms with Gasteiger partial charge in [-0.25, -0.2) is 4.39 Å². The van der Waals surface area contributed by atoms with Crippen LogP contribution in [0.15, 0.2) is 18.2 Å². The Bertz CT molecular complexity index is 459. The maximum atomic E-state index is 13.6. The molecule has 1 amide bonds. The van der Waals surface area contributed by atoms with Crippen LogP contribution >= 0.6 is 0 Å². The van der Waals surface area contributed by atoms with Gasteiger partial charge in [0, 0.05) is 25.9 Å². The molecule has 0 radical (unpaired) electrons. The number of carbonyl (C=O) groups is 1. The normalized spacial score (nSPS) is 19.2. The Labute approximate surface area is 112 Å². The van der Waals surface area contributed by atoms with Crippen molar-refractivity contribution >= 4 is 11.6 Å². The zero-order valence-corrected chi connectivity index (χ0v) is 11.1. The van der Waals surface area contributed by atoms with Gasteiger partial charge in [0.1, 0.15) is 5.82 Å². The summed E-state index contributed by atoms with van der Waals surface area (Å²) in [7, 11) is 1.68. The molecule has 1 unspecified atom stereocenters.